The number of aryl methyl sites for hydroxylation is 2. The maximum absolute atomic E-state index is 10.7. The van der Waals surface area contributed by atoms with Gasteiger partial charge in [0, 0.05) is 34.2 Å². The van der Waals surface area contributed by atoms with Crippen LogP contribution >= 0.6 is 0 Å². The Bertz CT molecular complexity index is 1580. The van der Waals surface area contributed by atoms with E-state index >= 15 is 0 Å². The van der Waals surface area contributed by atoms with E-state index in [1.807, 2.05) is 0 Å². The van der Waals surface area contributed by atoms with Crippen molar-refractivity contribution in [2.24, 2.45) is 5.73 Å². The highest BCUT2D eigenvalue weighted by molar-refractivity contribution is 7.86. The van der Waals surface area contributed by atoms with E-state index < -0.39 is 15.6 Å². The minimum absolute atomic E-state index is 0.709. The summed E-state index contributed by atoms with van der Waals surface area (Å²) in [5.74, 6) is 0. The smallest absolute Gasteiger partial charge is 0.485 e. The van der Waals surface area contributed by atoms with E-state index in [4.69, 9.17) is 18.7 Å². The molecular weight excluding hydrogens is 537 g/mol. The summed E-state index contributed by atoms with van der Waals surface area (Å²) in [6.45, 7) is 1.67. The van der Waals surface area contributed by atoms with Gasteiger partial charge in [0.2, 0.25) is 11.4 Å². The van der Waals surface area contributed by atoms with Gasteiger partial charge in [-0.2, -0.15) is 17.7 Å². The fraction of sp³-hybridized carbons (Fsp3) is 0.258. The van der Waals surface area contributed by atoms with Crippen molar-refractivity contribution in [3.05, 3.63) is 101 Å². The molecule has 0 fully saturated rings. The molecule has 0 unspecified atom stereocenters. The predicted octanol–water partition coefficient (Wildman–Crippen LogP) is 5.57. The molecular formula is C31H29F3N2O3S. The van der Waals surface area contributed by atoms with Gasteiger partial charge in [-0.05, 0) is 61.1 Å². The monoisotopic (exact) mass is 566 g/mol. The highest BCUT2D eigenvalue weighted by Crippen LogP contribution is 2.44. The SMILES string of the molecule is NCCC[n+]1c2c(c(-c3ccccc3)c3c1-c1ccccc1CC3)CCc1ccccc1-2.O=S(=O)([O-])C(F)(F)F. The first-order valence-corrected chi connectivity index (χ1v) is 14.6. The summed E-state index contributed by atoms with van der Waals surface area (Å²) in [5, 5.41) is 0. The standard InChI is InChI=1S/C30H29N2.CHF3O3S/c31-19-8-20-32-29-24-13-6-4-9-21(24)15-17-26(29)28(23-11-2-1-3-12-23)27-18-16-22-10-5-7-14-25(22)30(27)32;2-1(3,4)8(5,6)7/h1-7,9-14H,8,15-20,31H2;(H,5,6,7)/q+1;/p-1. The lowest BCUT2D eigenvalue weighted by molar-refractivity contribution is -0.676. The number of nitrogens with zero attached hydrogens (tertiary/aromatic N) is 1. The van der Waals surface area contributed by atoms with Crippen molar-refractivity contribution in [3.63, 3.8) is 0 Å². The molecule has 0 saturated heterocycles. The van der Waals surface area contributed by atoms with E-state index in [0.29, 0.717) is 6.54 Å². The highest BCUT2D eigenvalue weighted by atomic mass is 32.2. The number of halogens is 3. The first kappa shape index (κ1) is 28.0. The van der Waals surface area contributed by atoms with Crippen LogP contribution in [-0.4, -0.2) is 25.0 Å². The first-order valence-electron chi connectivity index (χ1n) is 13.2. The lowest BCUT2D eigenvalue weighted by Crippen LogP contribution is -2.44. The highest BCUT2D eigenvalue weighted by Gasteiger charge is 2.38. The number of alkyl halides is 3. The third-order valence-corrected chi connectivity index (χ3v) is 8.05. The fourth-order valence-electron chi connectivity index (χ4n) is 5.84. The lowest BCUT2D eigenvalue weighted by atomic mass is 9.77. The van der Waals surface area contributed by atoms with E-state index in [-0.39, 0.29) is 0 Å². The van der Waals surface area contributed by atoms with Crippen LogP contribution in [0.1, 0.15) is 28.7 Å². The Morgan fingerprint density at radius 2 is 1.20 bits per heavy atom. The van der Waals surface area contributed by atoms with Gasteiger partial charge in [0.25, 0.3) is 0 Å². The summed E-state index contributed by atoms with van der Waals surface area (Å²) in [5.41, 5.74) is 14.8. The normalized spacial score (nSPS) is 13.7. The Morgan fingerprint density at radius 1 is 0.750 bits per heavy atom. The summed E-state index contributed by atoms with van der Waals surface area (Å²) in [6.07, 6.45) is 5.38. The molecule has 0 amide bonds. The van der Waals surface area contributed by atoms with E-state index in [1.165, 1.54) is 55.9 Å². The molecule has 0 bridgehead atoms. The maximum Gasteiger partial charge on any atom is 0.485 e. The minimum atomic E-state index is -6.09. The summed E-state index contributed by atoms with van der Waals surface area (Å²) in [4.78, 5) is 0. The third kappa shape index (κ3) is 5.29. The number of hydrogen-bond acceptors (Lipinski definition) is 4. The number of pyridine rings is 1. The van der Waals surface area contributed by atoms with Crippen LogP contribution < -0.4 is 10.3 Å². The van der Waals surface area contributed by atoms with Crippen LogP contribution in [0.4, 0.5) is 13.2 Å². The number of aromatic nitrogens is 1. The Balaban J connectivity index is 0.000000355. The van der Waals surface area contributed by atoms with E-state index in [0.717, 1.165) is 38.6 Å². The second-order valence-electron chi connectivity index (χ2n) is 9.90. The number of rotatable bonds is 4. The molecule has 0 radical (unpaired) electrons. The largest absolute Gasteiger partial charge is 0.741 e. The van der Waals surface area contributed by atoms with E-state index in [9.17, 15) is 13.2 Å². The average molecular weight is 567 g/mol. The molecule has 1 heterocycles. The molecule has 0 saturated carbocycles. The zero-order valence-electron chi connectivity index (χ0n) is 21.7. The van der Waals surface area contributed by atoms with E-state index in [2.05, 4.69) is 83.4 Å². The second-order valence-corrected chi connectivity index (χ2v) is 11.3. The van der Waals surface area contributed by atoms with Crippen LogP contribution in [0, 0.1) is 0 Å². The topological polar surface area (TPSA) is 87.1 Å². The number of benzene rings is 3. The van der Waals surface area contributed by atoms with Crippen LogP contribution in [0.25, 0.3) is 33.6 Å². The van der Waals surface area contributed by atoms with Gasteiger partial charge < -0.3 is 10.3 Å². The Labute approximate surface area is 231 Å². The molecule has 0 spiro atoms. The Kier molecular flexibility index (Phi) is 7.81. The molecule has 208 valence electrons. The van der Waals surface area contributed by atoms with Gasteiger partial charge in [0.05, 0.1) is 0 Å². The van der Waals surface area contributed by atoms with Gasteiger partial charge in [-0.15, -0.1) is 0 Å². The van der Waals surface area contributed by atoms with Gasteiger partial charge in [-0.1, -0.05) is 66.7 Å². The molecule has 1 aromatic heterocycles. The van der Waals surface area contributed by atoms with Gasteiger partial charge in [-0.25, -0.2) is 8.42 Å². The Hall–Kier alpha value is -3.53. The van der Waals surface area contributed by atoms with Crippen LogP contribution in [0.5, 0.6) is 0 Å². The second kappa shape index (κ2) is 11.2. The first-order chi connectivity index (χ1) is 19.1. The van der Waals surface area contributed by atoms with Crippen molar-refractivity contribution in [3.8, 4) is 33.6 Å². The van der Waals surface area contributed by atoms with Crippen LogP contribution in [0.2, 0.25) is 0 Å². The summed E-state index contributed by atoms with van der Waals surface area (Å²) < 4.78 is 61.5. The van der Waals surface area contributed by atoms with Crippen LogP contribution in [0.3, 0.4) is 0 Å². The van der Waals surface area contributed by atoms with Crippen molar-refractivity contribution < 1.29 is 30.7 Å². The maximum atomic E-state index is 10.7. The molecule has 9 heteroatoms. The number of hydrogen-bond donors (Lipinski definition) is 1. The van der Waals surface area contributed by atoms with Gasteiger partial charge in [0.1, 0.15) is 0 Å². The molecule has 6 rings (SSSR count). The summed E-state index contributed by atoms with van der Waals surface area (Å²) in [6, 6.07) is 29.1. The van der Waals surface area contributed by atoms with Crippen molar-refractivity contribution in [2.75, 3.05) is 6.54 Å². The van der Waals surface area contributed by atoms with E-state index in [1.54, 1.807) is 0 Å². The minimum Gasteiger partial charge on any atom is -0.741 e. The number of fused-ring (bicyclic) bond motifs is 6. The van der Waals surface area contributed by atoms with Gasteiger partial charge in [0.15, 0.2) is 16.7 Å². The van der Waals surface area contributed by atoms with Gasteiger partial charge in [-0.3, -0.25) is 0 Å². The zero-order valence-corrected chi connectivity index (χ0v) is 22.6. The van der Waals surface area contributed by atoms with Crippen molar-refractivity contribution >= 4 is 10.1 Å². The Morgan fingerprint density at radius 3 is 1.65 bits per heavy atom. The van der Waals surface area contributed by atoms with Crippen molar-refractivity contribution in [1.82, 2.24) is 0 Å². The number of nitrogens with two attached hydrogens (primary N) is 1. The fourth-order valence-corrected chi connectivity index (χ4v) is 5.84. The van der Waals surface area contributed by atoms with Crippen molar-refractivity contribution in [2.45, 2.75) is 44.2 Å². The zero-order chi connectivity index (χ0) is 28.5. The molecule has 2 aliphatic carbocycles. The predicted molar refractivity (Wildman–Crippen MR) is 147 cm³/mol. The molecule has 0 aliphatic heterocycles. The molecule has 0 atom stereocenters. The molecule has 2 N–H and O–H groups in total. The quantitative estimate of drug-likeness (QED) is 0.199. The molecule has 4 aromatic rings. The van der Waals surface area contributed by atoms with Crippen molar-refractivity contribution in [1.29, 1.82) is 0 Å². The van der Waals surface area contributed by atoms with Crippen LogP contribution in [-0.2, 0) is 42.3 Å². The van der Waals surface area contributed by atoms with Crippen LogP contribution in [0.15, 0.2) is 78.9 Å². The molecule has 2 aliphatic rings. The summed E-state index contributed by atoms with van der Waals surface area (Å²) in [7, 11) is -6.09. The average Bonchev–Trinajstić information content (AvgIpc) is 2.94. The third-order valence-electron chi connectivity index (χ3n) is 7.48. The molecule has 40 heavy (non-hydrogen) atoms. The lowest BCUT2D eigenvalue weighted by Gasteiger charge is -2.28. The summed E-state index contributed by atoms with van der Waals surface area (Å²) >= 11 is 0. The molecule has 5 nitrogen and oxygen atoms in total. The van der Waals surface area contributed by atoms with Gasteiger partial charge >= 0.3 is 5.51 Å². The molecule has 3 aromatic carbocycles.